The predicted molar refractivity (Wildman–Crippen MR) is 180 cm³/mol. The smallest absolute Gasteiger partial charge is 0.244 e. The first-order chi connectivity index (χ1) is 21.8. The first-order valence-electron chi connectivity index (χ1n) is 15.9. The molecule has 4 aromatic carbocycles. The van der Waals surface area contributed by atoms with Gasteiger partial charge in [-0.1, -0.05) is 84.9 Å². The van der Waals surface area contributed by atoms with Crippen LogP contribution in [0.15, 0.2) is 102 Å². The molecule has 0 aliphatic carbocycles. The fourth-order valence-corrected chi connectivity index (χ4v) is 7.91. The van der Waals surface area contributed by atoms with Crippen LogP contribution < -0.4 is 10.1 Å². The quantitative estimate of drug-likeness (QED) is 0.175. The second-order valence-corrected chi connectivity index (χ2v) is 14.0. The van der Waals surface area contributed by atoms with Gasteiger partial charge in [0.1, 0.15) is 11.8 Å². The lowest BCUT2D eigenvalue weighted by atomic mass is 9.94. The summed E-state index contributed by atoms with van der Waals surface area (Å²) in [6, 6.07) is 30.9. The number of hydrogen-bond donors (Lipinski definition) is 1. The molecule has 0 fully saturated rings. The molecule has 45 heavy (non-hydrogen) atoms. The molecule has 1 heterocycles. The van der Waals surface area contributed by atoms with Crippen LogP contribution in [-0.4, -0.2) is 37.8 Å². The molecule has 4 aromatic rings. The van der Waals surface area contributed by atoms with E-state index in [0.717, 1.165) is 60.8 Å². The molecule has 0 aromatic heterocycles. The molecule has 236 valence electrons. The number of sulfonamides is 1. The zero-order valence-electron chi connectivity index (χ0n) is 26.5. The van der Waals surface area contributed by atoms with Crippen molar-refractivity contribution in [3.63, 3.8) is 0 Å². The highest BCUT2D eigenvalue weighted by molar-refractivity contribution is 7.89. The van der Waals surface area contributed by atoms with Gasteiger partial charge in [0.25, 0.3) is 0 Å². The second kappa shape index (κ2) is 14.9. The van der Waals surface area contributed by atoms with Crippen molar-refractivity contribution >= 4 is 15.9 Å². The number of carbonyl (C=O) groups is 1. The third-order valence-corrected chi connectivity index (χ3v) is 10.8. The van der Waals surface area contributed by atoms with Crippen LogP contribution in [0.3, 0.4) is 0 Å². The number of nitrogens with zero attached hydrogens (tertiary/aromatic N) is 1. The molecular weight excluding hydrogens is 580 g/mol. The number of aryl methyl sites for hydroxylation is 3. The van der Waals surface area contributed by atoms with Crippen LogP contribution in [0.25, 0.3) is 0 Å². The maximum Gasteiger partial charge on any atom is 0.244 e. The molecule has 0 radical (unpaired) electrons. The minimum atomic E-state index is -4.02. The SMILES string of the molecule is COc1cc(S(=O)(=O)N2Cc3ccccc3CC2C(=O)NC(CCCc2ccccc2)CCCc2ccccc2)cc(C)c1C. The van der Waals surface area contributed by atoms with Gasteiger partial charge in [-0.25, -0.2) is 8.42 Å². The number of rotatable bonds is 13. The Kier molecular flexibility index (Phi) is 10.7. The lowest BCUT2D eigenvalue weighted by molar-refractivity contribution is -0.126. The van der Waals surface area contributed by atoms with E-state index in [4.69, 9.17) is 4.74 Å². The summed E-state index contributed by atoms with van der Waals surface area (Å²) in [6.45, 7) is 3.92. The van der Waals surface area contributed by atoms with Gasteiger partial charge in [-0.15, -0.1) is 0 Å². The van der Waals surface area contributed by atoms with Gasteiger partial charge in [-0.05, 0) is 98.2 Å². The number of methoxy groups -OCH3 is 1. The summed E-state index contributed by atoms with van der Waals surface area (Å²) in [6.07, 6.45) is 5.68. The van der Waals surface area contributed by atoms with Crippen molar-refractivity contribution in [3.8, 4) is 5.75 Å². The van der Waals surface area contributed by atoms with E-state index in [2.05, 4.69) is 53.8 Å². The Morgan fingerprint density at radius 3 is 1.98 bits per heavy atom. The number of fused-ring (bicyclic) bond motifs is 1. The first-order valence-corrected chi connectivity index (χ1v) is 17.3. The minimum absolute atomic E-state index is 0.0617. The Bertz CT molecular complexity index is 1640. The van der Waals surface area contributed by atoms with Crippen molar-refractivity contribution in [3.05, 3.63) is 130 Å². The van der Waals surface area contributed by atoms with Gasteiger partial charge in [0.2, 0.25) is 15.9 Å². The van der Waals surface area contributed by atoms with Crippen molar-refractivity contribution in [1.82, 2.24) is 9.62 Å². The van der Waals surface area contributed by atoms with Gasteiger partial charge in [0.05, 0.1) is 12.0 Å². The molecule has 1 unspecified atom stereocenters. The number of hydrogen-bond acceptors (Lipinski definition) is 4. The fourth-order valence-electron chi connectivity index (χ4n) is 6.25. The third-order valence-electron chi connectivity index (χ3n) is 9.00. The molecule has 1 aliphatic heterocycles. The van der Waals surface area contributed by atoms with Crippen molar-refractivity contribution in [1.29, 1.82) is 0 Å². The van der Waals surface area contributed by atoms with Crippen LogP contribution in [-0.2, 0) is 40.6 Å². The van der Waals surface area contributed by atoms with Crippen molar-refractivity contribution in [2.24, 2.45) is 0 Å². The molecule has 0 bridgehead atoms. The molecule has 1 atom stereocenters. The summed E-state index contributed by atoms with van der Waals surface area (Å²) in [5.74, 6) is 0.275. The average Bonchev–Trinajstić information content (AvgIpc) is 3.06. The molecule has 7 heteroatoms. The highest BCUT2D eigenvalue weighted by Crippen LogP contribution is 2.33. The Hall–Kier alpha value is -3.94. The molecule has 0 saturated heterocycles. The summed E-state index contributed by atoms with van der Waals surface area (Å²) in [5, 5.41) is 3.32. The van der Waals surface area contributed by atoms with Gasteiger partial charge in [0.15, 0.2) is 0 Å². The number of ether oxygens (including phenoxy) is 1. The topological polar surface area (TPSA) is 75.7 Å². The summed E-state index contributed by atoms with van der Waals surface area (Å²) in [7, 11) is -2.48. The zero-order valence-corrected chi connectivity index (χ0v) is 27.4. The largest absolute Gasteiger partial charge is 0.496 e. The number of amides is 1. The monoisotopic (exact) mass is 624 g/mol. The number of benzene rings is 4. The van der Waals surface area contributed by atoms with Crippen molar-refractivity contribution in [2.75, 3.05) is 7.11 Å². The van der Waals surface area contributed by atoms with E-state index in [0.29, 0.717) is 12.2 Å². The molecule has 1 amide bonds. The van der Waals surface area contributed by atoms with Gasteiger partial charge in [-0.2, -0.15) is 4.31 Å². The van der Waals surface area contributed by atoms with Gasteiger partial charge in [-0.3, -0.25) is 4.79 Å². The van der Waals surface area contributed by atoms with Crippen LogP contribution >= 0.6 is 0 Å². The highest BCUT2D eigenvalue weighted by atomic mass is 32.2. The van der Waals surface area contributed by atoms with E-state index in [1.807, 2.05) is 50.2 Å². The molecule has 0 saturated carbocycles. The van der Waals surface area contributed by atoms with Gasteiger partial charge in [0, 0.05) is 18.7 Å². The van der Waals surface area contributed by atoms with Gasteiger partial charge >= 0.3 is 0 Å². The zero-order chi connectivity index (χ0) is 31.8. The first kappa shape index (κ1) is 32.5. The lowest BCUT2D eigenvalue weighted by Crippen LogP contribution is -2.54. The second-order valence-electron chi connectivity index (χ2n) is 12.1. The molecule has 1 aliphatic rings. The Labute approximate surface area is 268 Å². The third kappa shape index (κ3) is 8.02. The number of carbonyl (C=O) groups excluding carboxylic acids is 1. The van der Waals surface area contributed by atoms with E-state index in [-0.39, 0.29) is 23.4 Å². The van der Waals surface area contributed by atoms with Crippen LogP contribution in [0.4, 0.5) is 0 Å². The molecule has 6 nitrogen and oxygen atoms in total. The maximum atomic E-state index is 14.3. The van der Waals surface area contributed by atoms with Crippen molar-refractivity contribution in [2.45, 2.75) is 82.3 Å². The molecule has 1 N–H and O–H groups in total. The van der Waals surface area contributed by atoms with Crippen LogP contribution in [0.5, 0.6) is 5.75 Å². The average molecular weight is 625 g/mol. The predicted octanol–water partition coefficient (Wildman–Crippen LogP) is 6.96. The standard InChI is InChI=1S/C38H44N2O4S/c1-28-24-35(26-37(44-3)29(28)2)45(42,43)40-27-33-21-11-10-20-32(33)25-36(40)38(41)39-34(22-12-18-30-14-6-4-7-15-30)23-13-19-31-16-8-5-9-17-31/h4-11,14-17,20-21,24,26,34,36H,12-13,18-19,22-23,25,27H2,1-3H3,(H,39,41). The molecule has 0 spiro atoms. The summed E-state index contributed by atoms with van der Waals surface area (Å²) >= 11 is 0. The van der Waals surface area contributed by atoms with E-state index in [9.17, 15) is 13.2 Å². The molecular formula is C38H44N2O4S. The highest BCUT2D eigenvalue weighted by Gasteiger charge is 2.40. The van der Waals surface area contributed by atoms with Crippen LogP contribution in [0, 0.1) is 13.8 Å². The lowest BCUT2D eigenvalue weighted by Gasteiger charge is -2.36. The van der Waals surface area contributed by atoms with E-state index >= 15 is 0 Å². The maximum absolute atomic E-state index is 14.3. The fraction of sp³-hybridized carbons (Fsp3) is 0.342. The molecule has 5 rings (SSSR count). The van der Waals surface area contributed by atoms with E-state index in [1.54, 1.807) is 19.2 Å². The van der Waals surface area contributed by atoms with E-state index in [1.165, 1.54) is 15.4 Å². The summed E-state index contributed by atoms with van der Waals surface area (Å²) in [5.41, 5.74) is 6.19. The van der Waals surface area contributed by atoms with Gasteiger partial charge < -0.3 is 10.1 Å². The minimum Gasteiger partial charge on any atom is -0.496 e. The van der Waals surface area contributed by atoms with E-state index < -0.39 is 16.1 Å². The number of nitrogens with one attached hydrogen (secondary N) is 1. The normalized spacial score (nSPS) is 15.1. The Morgan fingerprint density at radius 2 is 1.40 bits per heavy atom. The van der Waals surface area contributed by atoms with Crippen LogP contribution in [0.1, 0.15) is 59.1 Å². The summed E-state index contributed by atoms with van der Waals surface area (Å²) < 4.78 is 35.5. The Balaban J connectivity index is 1.38. The summed E-state index contributed by atoms with van der Waals surface area (Å²) in [4.78, 5) is 14.3. The van der Waals surface area contributed by atoms with Crippen molar-refractivity contribution < 1.29 is 17.9 Å². The van der Waals surface area contributed by atoms with Crippen LogP contribution in [0.2, 0.25) is 0 Å². The Morgan fingerprint density at radius 1 is 0.844 bits per heavy atom.